The van der Waals surface area contributed by atoms with Crippen LogP contribution < -0.4 is 5.32 Å². The third-order valence-corrected chi connectivity index (χ3v) is 1.59. The Hall–Kier alpha value is -0.370. The molecule has 2 nitrogen and oxygen atoms in total. The van der Waals surface area contributed by atoms with Crippen LogP contribution in [0.3, 0.4) is 0 Å². The summed E-state index contributed by atoms with van der Waals surface area (Å²) in [7, 11) is 1.79. The highest BCUT2D eigenvalue weighted by Crippen LogP contribution is 2.00. The highest BCUT2D eigenvalue weighted by atomic mass is 16.1. The van der Waals surface area contributed by atoms with Crippen LogP contribution in [0.4, 0.5) is 0 Å². The van der Waals surface area contributed by atoms with E-state index in [1.165, 1.54) is 12.8 Å². The molecule has 0 spiro atoms. The smallest absolute Gasteiger partial charge is 0.216 e. The number of unbranched alkanes of at least 4 members (excludes halogenated alkanes) is 2. The second-order valence-electron chi connectivity index (χ2n) is 2.45. The lowest BCUT2D eigenvalue weighted by Gasteiger charge is -2.05. The standard InChI is InChI=1S/C8H16NO/c1-3-4-5-6-8(7-10)9-2/h8-9H,3-6H2,1-2H3. The lowest BCUT2D eigenvalue weighted by atomic mass is 10.1. The molecule has 0 aliphatic rings. The van der Waals surface area contributed by atoms with E-state index < -0.39 is 0 Å². The zero-order chi connectivity index (χ0) is 7.82. The molecule has 0 heterocycles. The molecule has 0 rings (SSSR count). The monoisotopic (exact) mass is 142 g/mol. The highest BCUT2D eigenvalue weighted by molar-refractivity contribution is 5.58. The normalized spacial score (nSPS) is 13.0. The highest BCUT2D eigenvalue weighted by Gasteiger charge is 2.02. The second-order valence-corrected chi connectivity index (χ2v) is 2.45. The summed E-state index contributed by atoms with van der Waals surface area (Å²) in [6.45, 7) is 2.15. The average Bonchev–Trinajstić information content (AvgIpc) is 1.99. The van der Waals surface area contributed by atoms with E-state index in [1.54, 1.807) is 7.05 Å². The molecule has 0 bridgehead atoms. The lowest BCUT2D eigenvalue weighted by Crippen LogP contribution is -2.26. The van der Waals surface area contributed by atoms with Gasteiger partial charge < -0.3 is 5.32 Å². The van der Waals surface area contributed by atoms with Gasteiger partial charge in [0.25, 0.3) is 0 Å². The minimum atomic E-state index is -0.0495. The number of nitrogens with one attached hydrogen (secondary N) is 1. The molecule has 2 heteroatoms. The largest absolute Gasteiger partial charge is 0.310 e. The molecule has 59 valence electrons. The molecule has 0 fully saturated rings. The molecule has 1 atom stereocenters. The summed E-state index contributed by atoms with van der Waals surface area (Å²) in [6, 6.07) is -0.0495. The first kappa shape index (κ1) is 9.63. The molecule has 0 aromatic heterocycles. The van der Waals surface area contributed by atoms with Gasteiger partial charge in [-0.2, -0.15) is 0 Å². The zero-order valence-corrected chi connectivity index (χ0v) is 6.81. The van der Waals surface area contributed by atoms with Crippen molar-refractivity contribution in [2.24, 2.45) is 0 Å². The van der Waals surface area contributed by atoms with Crippen molar-refractivity contribution in [3.8, 4) is 0 Å². The van der Waals surface area contributed by atoms with E-state index >= 15 is 0 Å². The van der Waals surface area contributed by atoms with Gasteiger partial charge in [0, 0.05) is 0 Å². The van der Waals surface area contributed by atoms with Gasteiger partial charge in [0.1, 0.15) is 0 Å². The second kappa shape index (κ2) is 6.75. The lowest BCUT2D eigenvalue weighted by molar-refractivity contribution is 0.505. The molecule has 1 N–H and O–H groups in total. The van der Waals surface area contributed by atoms with Crippen LogP contribution in [-0.2, 0) is 4.79 Å². The summed E-state index contributed by atoms with van der Waals surface area (Å²) < 4.78 is 0. The predicted octanol–water partition coefficient (Wildman–Crippen LogP) is 1.26. The van der Waals surface area contributed by atoms with Gasteiger partial charge >= 0.3 is 0 Å². The molecule has 0 amide bonds. The van der Waals surface area contributed by atoms with Crippen LogP contribution in [0, 0.1) is 0 Å². The zero-order valence-electron chi connectivity index (χ0n) is 6.81. The summed E-state index contributed by atoms with van der Waals surface area (Å²) in [5, 5.41) is 2.89. The van der Waals surface area contributed by atoms with Crippen LogP contribution in [0.25, 0.3) is 0 Å². The van der Waals surface area contributed by atoms with Crippen molar-refractivity contribution in [3.05, 3.63) is 0 Å². The van der Waals surface area contributed by atoms with E-state index in [4.69, 9.17) is 0 Å². The first-order valence-corrected chi connectivity index (χ1v) is 3.90. The fraction of sp³-hybridized carbons (Fsp3) is 0.875. The van der Waals surface area contributed by atoms with Crippen molar-refractivity contribution in [2.75, 3.05) is 7.05 Å². The molecule has 0 saturated carbocycles. The molecule has 10 heavy (non-hydrogen) atoms. The van der Waals surface area contributed by atoms with E-state index in [9.17, 15) is 4.79 Å². The molecule has 0 aromatic rings. The van der Waals surface area contributed by atoms with Crippen molar-refractivity contribution in [2.45, 2.75) is 38.6 Å². The topological polar surface area (TPSA) is 29.1 Å². The quantitative estimate of drug-likeness (QED) is 0.566. The molecular formula is C8H16NO. The van der Waals surface area contributed by atoms with Crippen molar-refractivity contribution < 1.29 is 4.79 Å². The summed E-state index contributed by atoms with van der Waals surface area (Å²) in [5.41, 5.74) is 0. The van der Waals surface area contributed by atoms with Crippen molar-refractivity contribution in [3.63, 3.8) is 0 Å². The van der Waals surface area contributed by atoms with Gasteiger partial charge in [-0.1, -0.05) is 26.2 Å². The molecular weight excluding hydrogens is 126 g/mol. The van der Waals surface area contributed by atoms with E-state index in [0.29, 0.717) is 0 Å². The molecule has 0 aliphatic carbocycles. The Morgan fingerprint density at radius 1 is 1.50 bits per heavy atom. The maximum atomic E-state index is 10.1. The van der Waals surface area contributed by atoms with Gasteiger partial charge in [-0.05, 0) is 13.5 Å². The fourth-order valence-corrected chi connectivity index (χ4v) is 0.861. The van der Waals surface area contributed by atoms with E-state index in [1.807, 2.05) is 6.29 Å². The van der Waals surface area contributed by atoms with Crippen LogP contribution in [0.15, 0.2) is 0 Å². The SMILES string of the molecule is CCCCCC([C]=O)NC. The predicted molar refractivity (Wildman–Crippen MR) is 42.7 cm³/mol. The van der Waals surface area contributed by atoms with Crippen LogP contribution >= 0.6 is 0 Å². The van der Waals surface area contributed by atoms with Crippen LogP contribution in [0.5, 0.6) is 0 Å². The number of carbonyl (C=O) groups excluding carboxylic acids is 1. The van der Waals surface area contributed by atoms with Gasteiger partial charge in [0.15, 0.2) is 0 Å². The maximum Gasteiger partial charge on any atom is 0.216 e. The van der Waals surface area contributed by atoms with E-state index in [2.05, 4.69) is 12.2 Å². The number of likely N-dealkylation sites (N-methyl/N-ethyl adjacent to an activating group) is 1. The molecule has 0 aromatic carbocycles. The average molecular weight is 142 g/mol. The number of rotatable bonds is 6. The van der Waals surface area contributed by atoms with Crippen molar-refractivity contribution in [1.29, 1.82) is 0 Å². The van der Waals surface area contributed by atoms with Crippen LogP contribution in [-0.4, -0.2) is 19.4 Å². The van der Waals surface area contributed by atoms with Crippen molar-refractivity contribution in [1.82, 2.24) is 5.32 Å². The Kier molecular flexibility index (Phi) is 6.50. The fourth-order valence-electron chi connectivity index (χ4n) is 0.861. The summed E-state index contributed by atoms with van der Waals surface area (Å²) in [4.78, 5) is 10.1. The van der Waals surface area contributed by atoms with Gasteiger partial charge in [0.05, 0.1) is 6.04 Å². The Labute approximate surface area is 63.0 Å². The molecule has 1 unspecified atom stereocenters. The summed E-state index contributed by atoms with van der Waals surface area (Å²) >= 11 is 0. The Morgan fingerprint density at radius 3 is 2.60 bits per heavy atom. The number of hydrogen-bond acceptors (Lipinski definition) is 2. The minimum absolute atomic E-state index is 0.0495. The molecule has 1 radical (unpaired) electrons. The van der Waals surface area contributed by atoms with Gasteiger partial charge in [0.2, 0.25) is 6.29 Å². The van der Waals surface area contributed by atoms with Crippen LogP contribution in [0.1, 0.15) is 32.6 Å². The van der Waals surface area contributed by atoms with Gasteiger partial charge in [-0.3, -0.25) is 4.79 Å². The van der Waals surface area contributed by atoms with E-state index in [0.717, 1.165) is 12.8 Å². The first-order chi connectivity index (χ1) is 4.85. The Morgan fingerprint density at radius 2 is 2.20 bits per heavy atom. The maximum absolute atomic E-state index is 10.1. The minimum Gasteiger partial charge on any atom is -0.310 e. The number of hydrogen-bond donors (Lipinski definition) is 1. The molecule has 0 saturated heterocycles. The van der Waals surface area contributed by atoms with Gasteiger partial charge in [-0.25, -0.2) is 0 Å². The summed E-state index contributed by atoms with van der Waals surface area (Å²) in [5.74, 6) is 0. The first-order valence-electron chi connectivity index (χ1n) is 3.90. The van der Waals surface area contributed by atoms with Gasteiger partial charge in [-0.15, -0.1) is 0 Å². The Balaban J connectivity index is 3.17. The molecule has 0 aliphatic heterocycles. The van der Waals surface area contributed by atoms with E-state index in [-0.39, 0.29) is 6.04 Å². The van der Waals surface area contributed by atoms with Crippen molar-refractivity contribution >= 4 is 6.29 Å². The van der Waals surface area contributed by atoms with Crippen LogP contribution in [0.2, 0.25) is 0 Å². The summed E-state index contributed by atoms with van der Waals surface area (Å²) in [6.07, 6.45) is 6.41. The third kappa shape index (κ3) is 4.50. The Bertz CT molecular complexity index is 83.3. The third-order valence-electron chi connectivity index (χ3n) is 1.59.